The van der Waals surface area contributed by atoms with Crippen LogP contribution in [0.25, 0.3) is 0 Å². The molecule has 0 radical (unpaired) electrons. The van der Waals surface area contributed by atoms with Gasteiger partial charge in [-0.2, -0.15) is 4.31 Å². The molecule has 0 atom stereocenters. The maximum atomic E-state index is 13.1. The summed E-state index contributed by atoms with van der Waals surface area (Å²) in [6, 6.07) is 9.62. The lowest BCUT2D eigenvalue weighted by molar-refractivity contribution is 0.0697. The second-order valence-corrected chi connectivity index (χ2v) is 8.19. The largest absolute Gasteiger partial charge is 0.497 e. The molecule has 28 heavy (non-hydrogen) atoms. The number of nitrogens with zero attached hydrogens (tertiary/aromatic N) is 2. The molecule has 1 fully saturated rings. The first-order valence-electron chi connectivity index (χ1n) is 8.63. The molecular weight excluding hydrogens is 387 g/mol. The van der Waals surface area contributed by atoms with E-state index in [1.54, 1.807) is 23.1 Å². The van der Waals surface area contributed by atoms with E-state index in [1.807, 2.05) is 0 Å². The molecule has 150 valence electrons. The predicted octanol–water partition coefficient (Wildman–Crippen LogP) is 1.99. The minimum atomic E-state index is -3.73. The third-order valence-corrected chi connectivity index (χ3v) is 6.49. The molecular formula is C19H21FN2O5S. The number of benzene rings is 2. The Kier molecular flexibility index (Phi) is 5.85. The second kappa shape index (κ2) is 8.15. The Morgan fingerprint density at radius 1 is 0.929 bits per heavy atom. The number of methoxy groups -OCH3 is 2. The zero-order valence-electron chi connectivity index (χ0n) is 15.6. The van der Waals surface area contributed by atoms with Crippen LogP contribution < -0.4 is 9.47 Å². The SMILES string of the molecule is COc1cc(OC)cc(C(=O)N2CCN(S(=O)(=O)c3ccc(F)cc3)CC2)c1. The molecule has 2 aromatic rings. The molecule has 1 amide bonds. The second-order valence-electron chi connectivity index (χ2n) is 6.25. The molecule has 1 aliphatic rings. The third kappa shape index (κ3) is 4.10. The van der Waals surface area contributed by atoms with Crippen molar-refractivity contribution in [1.82, 2.24) is 9.21 Å². The van der Waals surface area contributed by atoms with Crippen molar-refractivity contribution in [2.24, 2.45) is 0 Å². The molecule has 3 rings (SSSR count). The van der Waals surface area contributed by atoms with E-state index in [0.29, 0.717) is 17.1 Å². The average molecular weight is 408 g/mol. The summed E-state index contributed by atoms with van der Waals surface area (Å²) in [5.74, 6) is 0.277. The maximum absolute atomic E-state index is 13.1. The van der Waals surface area contributed by atoms with Crippen molar-refractivity contribution in [2.75, 3.05) is 40.4 Å². The van der Waals surface area contributed by atoms with Crippen molar-refractivity contribution in [3.63, 3.8) is 0 Å². The number of carbonyl (C=O) groups excluding carboxylic acids is 1. The molecule has 9 heteroatoms. The normalized spacial score (nSPS) is 15.3. The van der Waals surface area contributed by atoms with Crippen LogP contribution in [0.4, 0.5) is 4.39 Å². The first kappa shape index (κ1) is 20.1. The Morgan fingerprint density at radius 2 is 1.46 bits per heavy atom. The first-order valence-corrected chi connectivity index (χ1v) is 10.1. The lowest BCUT2D eigenvalue weighted by atomic mass is 10.1. The lowest BCUT2D eigenvalue weighted by Crippen LogP contribution is -2.50. The van der Waals surface area contributed by atoms with E-state index in [1.165, 1.54) is 30.7 Å². The van der Waals surface area contributed by atoms with Crippen LogP contribution in [0.3, 0.4) is 0 Å². The Labute approximate surface area is 163 Å². The lowest BCUT2D eigenvalue weighted by Gasteiger charge is -2.34. The summed E-state index contributed by atoms with van der Waals surface area (Å²) in [4.78, 5) is 14.4. The molecule has 7 nitrogen and oxygen atoms in total. The summed E-state index contributed by atoms with van der Waals surface area (Å²) in [7, 11) is -0.721. The smallest absolute Gasteiger partial charge is 0.254 e. The van der Waals surface area contributed by atoms with E-state index in [2.05, 4.69) is 0 Å². The summed E-state index contributed by atoms with van der Waals surface area (Å²) >= 11 is 0. The van der Waals surface area contributed by atoms with Gasteiger partial charge in [0.15, 0.2) is 0 Å². The van der Waals surface area contributed by atoms with Crippen LogP contribution in [0.2, 0.25) is 0 Å². The van der Waals surface area contributed by atoms with Gasteiger partial charge in [-0.15, -0.1) is 0 Å². The van der Waals surface area contributed by atoms with E-state index in [4.69, 9.17) is 9.47 Å². The molecule has 2 aromatic carbocycles. The van der Waals surface area contributed by atoms with E-state index in [0.717, 1.165) is 12.1 Å². The van der Waals surface area contributed by atoms with E-state index in [9.17, 15) is 17.6 Å². The molecule has 0 bridgehead atoms. The van der Waals surface area contributed by atoms with E-state index in [-0.39, 0.29) is 37.0 Å². The summed E-state index contributed by atoms with van der Waals surface area (Å²) in [6.45, 7) is 0.816. The fourth-order valence-corrected chi connectivity index (χ4v) is 4.42. The minimum absolute atomic E-state index is 0.0335. The summed E-state index contributed by atoms with van der Waals surface area (Å²) < 4.78 is 50.1. The first-order chi connectivity index (χ1) is 13.3. The zero-order chi connectivity index (χ0) is 20.3. The van der Waals surface area contributed by atoms with Crippen molar-refractivity contribution in [3.05, 3.63) is 53.8 Å². The van der Waals surface area contributed by atoms with Gasteiger partial charge in [-0.1, -0.05) is 0 Å². The molecule has 0 N–H and O–H groups in total. The Bertz CT molecular complexity index is 933. The number of carbonyl (C=O) groups is 1. The Balaban J connectivity index is 1.71. The number of amides is 1. The highest BCUT2D eigenvalue weighted by atomic mass is 32.2. The van der Waals surface area contributed by atoms with Crippen LogP contribution in [-0.2, 0) is 10.0 Å². The van der Waals surface area contributed by atoms with Gasteiger partial charge >= 0.3 is 0 Å². The van der Waals surface area contributed by atoms with Crippen LogP contribution in [0.1, 0.15) is 10.4 Å². The molecule has 0 saturated carbocycles. The number of ether oxygens (including phenoxy) is 2. The fraction of sp³-hybridized carbons (Fsp3) is 0.316. The molecule has 1 heterocycles. The summed E-state index contributed by atoms with van der Waals surface area (Å²) in [6.07, 6.45) is 0. The molecule has 0 spiro atoms. The highest BCUT2D eigenvalue weighted by Crippen LogP contribution is 2.24. The number of hydrogen-bond acceptors (Lipinski definition) is 5. The molecule has 0 aliphatic carbocycles. The maximum Gasteiger partial charge on any atom is 0.254 e. The highest BCUT2D eigenvalue weighted by Gasteiger charge is 2.30. The van der Waals surface area contributed by atoms with Crippen LogP contribution in [-0.4, -0.2) is 63.9 Å². The third-order valence-electron chi connectivity index (χ3n) is 4.58. The fourth-order valence-electron chi connectivity index (χ4n) is 3.00. The Hall–Kier alpha value is -2.65. The monoisotopic (exact) mass is 408 g/mol. The van der Waals surface area contributed by atoms with Gasteiger partial charge in [0.05, 0.1) is 19.1 Å². The zero-order valence-corrected chi connectivity index (χ0v) is 16.4. The number of hydrogen-bond donors (Lipinski definition) is 0. The van der Waals surface area contributed by atoms with Gasteiger partial charge in [0.25, 0.3) is 5.91 Å². The molecule has 1 saturated heterocycles. The summed E-state index contributed by atoms with van der Waals surface area (Å²) in [5, 5.41) is 0. The Morgan fingerprint density at radius 3 is 1.96 bits per heavy atom. The van der Waals surface area contributed by atoms with Gasteiger partial charge in [-0.3, -0.25) is 4.79 Å². The van der Waals surface area contributed by atoms with Crippen molar-refractivity contribution in [3.8, 4) is 11.5 Å². The molecule has 0 unspecified atom stereocenters. The molecule has 1 aliphatic heterocycles. The van der Waals surface area contributed by atoms with Gasteiger partial charge < -0.3 is 14.4 Å². The van der Waals surface area contributed by atoms with Crippen molar-refractivity contribution in [1.29, 1.82) is 0 Å². The van der Waals surface area contributed by atoms with Gasteiger partial charge in [-0.05, 0) is 36.4 Å². The van der Waals surface area contributed by atoms with Gasteiger partial charge in [0.2, 0.25) is 10.0 Å². The number of piperazine rings is 1. The summed E-state index contributed by atoms with van der Waals surface area (Å²) in [5.41, 5.74) is 0.408. The minimum Gasteiger partial charge on any atom is -0.497 e. The average Bonchev–Trinajstić information content (AvgIpc) is 2.73. The van der Waals surface area contributed by atoms with E-state index < -0.39 is 15.8 Å². The number of rotatable bonds is 5. The highest BCUT2D eigenvalue weighted by molar-refractivity contribution is 7.89. The van der Waals surface area contributed by atoms with Crippen LogP contribution in [0.15, 0.2) is 47.4 Å². The van der Waals surface area contributed by atoms with Gasteiger partial charge in [0, 0.05) is 37.8 Å². The predicted molar refractivity (Wildman–Crippen MR) is 101 cm³/mol. The van der Waals surface area contributed by atoms with Crippen molar-refractivity contribution in [2.45, 2.75) is 4.90 Å². The van der Waals surface area contributed by atoms with Crippen LogP contribution >= 0.6 is 0 Å². The van der Waals surface area contributed by atoms with Crippen LogP contribution in [0, 0.1) is 5.82 Å². The number of halogens is 1. The van der Waals surface area contributed by atoms with E-state index >= 15 is 0 Å². The van der Waals surface area contributed by atoms with Crippen LogP contribution in [0.5, 0.6) is 11.5 Å². The molecule has 0 aromatic heterocycles. The van der Waals surface area contributed by atoms with Crippen molar-refractivity contribution < 1.29 is 27.1 Å². The van der Waals surface area contributed by atoms with Crippen molar-refractivity contribution >= 4 is 15.9 Å². The van der Waals surface area contributed by atoms with Gasteiger partial charge in [-0.25, -0.2) is 12.8 Å². The number of sulfonamides is 1. The standard InChI is InChI=1S/C19H21FN2O5S/c1-26-16-11-14(12-17(13-16)27-2)19(23)21-7-9-22(10-8-21)28(24,25)18-5-3-15(20)4-6-18/h3-6,11-13H,7-10H2,1-2H3. The topological polar surface area (TPSA) is 76.2 Å². The van der Waals surface area contributed by atoms with Gasteiger partial charge in [0.1, 0.15) is 17.3 Å². The quantitative estimate of drug-likeness (QED) is 0.756.